The Morgan fingerprint density at radius 1 is 1.05 bits per heavy atom. The molecule has 1 amide bonds. The molecule has 0 unspecified atom stereocenters. The van der Waals surface area contributed by atoms with Gasteiger partial charge < -0.3 is 16.8 Å². The zero-order chi connectivity index (χ0) is 14.9. The van der Waals surface area contributed by atoms with Crippen LogP contribution in [-0.2, 0) is 0 Å². The molecule has 0 radical (unpaired) electrons. The number of nitrogens with one attached hydrogen (secondary N) is 1. The molecule has 104 valence electrons. The van der Waals surface area contributed by atoms with Crippen molar-refractivity contribution in [1.29, 1.82) is 0 Å². The maximum atomic E-state index is 12.1. The molecular weight excluding hydrogens is 365 g/mol. The van der Waals surface area contributed by atoms with Gasteiger partial charge in [-0.05, 0) is 46.3 Å². The van der Waals surface area contributed by atoms with Crippen LogP contribution in [0.5, 0.6) is 0 Å². The first-order valence-corrected chi connectivity index (χ1v) is 7.04. The molecule has 0 atom stereocenters. The lowest BCUT2D eigenvalue weighted by Crippen LogP contribution is -2.13. The van der Waals surface area contributed by atoms with Gasteiger partial charge in [0.05, 0.1) is 15.7 Å². The maximum Gasteiger partial charge on any atom is 0.255 e. The number of rotatable bonds is 2. The van der Waals surface area contributed by atoms with Crippen LogP contribution in [0.2, 0.25) is 10.0 Å². The molecule has 0 bridgehead atoms. The minimum absolute atomic E-state index is 0.256. The summed E-state index contributed by atoms with van der Waals surface area (Å²) in [5, 5.41) is 3.25. The van der Waals surface area contributed by atoms with Crippen LogP contribution in [0, 0.1) is 0 Å². The molecule has 0 heterocycles. The van der Waals surface area contributed by atoms with Crippen molar-refractivity contribution in [2.24, 2.45) is 0 Å². The monoisotopic (exact) mass is 373 g/mol. The molecule has 0 aliphatic heterocycles. The third-order valence-electron chi connectivity index (χ3n) is 2.52. The Hall–Kier alpha value is -1.43. The predicted molar refractivity (Wildman–Crippen MR) is 87.4 cm³/mol. The SMILES string of the molecule is Nc1cc(N)cc(C(=O)Nc2ccc(Br)c(Cl)c2Cl)c1. The number of nitrogens with two attached hydrogens (primary N) is 2. The van der Waals surface area contributed by atoms with Gasteiger partial charge in [0, 0.05) is 21.4 Å². The van der Waals surface area contributed by atoms with E-state index in [0.29, 0.717) is 32.1 Å². The maximum absolute atomic E-state index is 12.1. The van der Waals surface area contributed by atoms with E-state index in [1.807, 2.05) is 0 Å². The number of anilines is 3. The van der Waals surface area contributed by atoms with Crippen molar-refractivity contribution in [3.63, 3.8) is 0 Å². The van der Waals surface area contributed by atoms with Crippen LogP contribution in [-0.4, -0.2) is 5.91 Å². The number of carbonyl (C=O) groups is 1. The molecule has 7 heteroatoms. The predicted octanol–water partition coefficient (Wildman–Crippen LogP) is 4.17. The van der Waals surface area contributed by atoms with E-state index in [0.717, 1.165) is 0 Å². The largest absolute Gasteiger partial charge is 0.399 e. The van der Waals surface area contributed by atoms with Crippen molar-refractivity contribution in [3.05, 3.63) is 50.4 Å². The Kier molecular flexibility index (Phi) is 4.42. The Morgan fingerprint density at radius 2 is 1.65 bits per heavy atom. The topological polar surface area (TPSA) is 81.1 Å². The number of amides is 1. The van der Waals surface area contributed by atoms with Crippen LogP contribution in [0.4, 0.5) is 17.1 Å². The first-order chi connectivity index (χ1) is 9.38. The number of halogens is 3. The average molecular weight is 375 g/mol. The Labute approximate surface area is 134 Å². The van der Waals surface area contributed by atoms with Gasteiger partial charge in [-0.25, -0.2) is 0 Å². The highest BCUT2D eigenvalue weighted by Gasteiger charge is 2.13. The number of carbonyl (C=O) groups excluding carboxylic acids is 1. The van der Waals surface area contributed by atoms with E-state index in [9.17, 15) is 4.79 Å². The molecular formula is C13H10BrCl2N3O. The molecule has 20 heavy (non-hydrogen) atoms. The highest BCUT2D eigenvalue weighted by molar-refractivity contribution is 9.10. The first kappa shape index (κ1) is 15.0. The molecule has 4 nitrogen and oxygen atoms in total. The summed E-state index contributed by atoms with van der Waals surface area (Å²) in [4.78, 5) is 12.1. The molecule has 0 fully saturated rings. The molecule has 2 aromatic rings. The Bertz CT molecular complexity index is 671. The van der Waals surface area contributed by atoms with Crippen molar-refractivity contribution in [2.75, 3.05) is 16.8 Å². The lowest BCUT2D eigenvalue weighted by molar-refractivity contribution is 0.102. The quantitative estimate of drug-likeness (QED) is 0.545. The van der Waals surface area contributed by atoms with Crippen molar-refractivity contribution in [1.82, 2.24) is 0 Å². The second-order valence-corrected chi connectivity index (χ2v) is 5.68. The molecule has 0 saturated carbocycles. The summed E-state index contributed by atoms with van der Waals surface area (Å²) in [6.07, 6.45) is 0. The third-order valence-corrected chi connectivity index (χ3v) is 4.29. The fourth-order valence-corrected chi connectivity index (χ4v) is 2.45. The van der Waals surface area contributed by atoms with Crippen LogP contribution in [0.1, 0.15) is 10.4 Å². The number of hydrogen-bond donors (Lipinski definition) is 3. The Morgan fingerprint density at radius 3 is 2.25 bits per heavy atom. The van der Waals surface area contributed by atoms with E-state index in [-0.39, 0.29) is 10.9 Å². The van der Waals surface area contributed by atoms with Crippen LogP contribution in [0.3, 0.4) is 0 Å². The van der Waals surface area contributed by atoms with E-state index in [1.165, 1.54) is 12.1 Å². The lowest BCUT2D eigenvalue weighted by atomic mass is 10.1. The minimum Gasteiger partial charge on any atom is -0.399 e. The standard InChI is InChI=1S/C13H10BrCl2N3O/c14-9-1-2-10(12(16)11(9)15)19-13(20)6-3-7(17)5-8(18)4-6/h1-5H,17-18H2,(H,19,20). The number of benzene rings is 2. The third kappa shape index (κ3) is 3.17. The first-order valence-electron chi connectivity index (χ1n) is 5.49. The molecule has 0 aliphatic carbocycles. The second-order valence-electron chi connectivity index (χ2n) is 4.07. The van der Waals surface area contributed by atoms with Gasteiger partial charge in [0.15, 0.2) is 0 Å². The van der Waals surface area contributed by atoms with Crippen molar-refractivity contribution < 1.29 is 4.79 Å². The summed E-state index contributed by atoms with van der Waals surface area (Å²) >= 11 is 15.3. The molecule has 0 saturated heterocycles. The van der Waals surface area contributed by atoms with Crippen molar-refractivity contribution in [2.45, 2.75) is 0 Å². The second kappa shape index (κ2) is 5.91. The number of hydrogen-bond acceptors (Lipinski definition) is 3. The van der Waals surface area contributed by atoms with Gasteiger partial charge in [0.1, 0.15) is 0 Å². The zero-order valence-corrected chi connectivity index (χ0v) is 13.2. The summed E-state index contributed by atoms with van der Waals surface area (Å²) < 4.78 is 0.648. The van der Waals surface area contributed by atoms with Gasteiger partial charge in [-0.1, -0.05) is 23.2 Å². The van der Waals surface area contributed by atoms with Gasteiger partial charge >= 0.3 is 0 Å². The van der Waals surface area contributed by atoms with Crippen LogP contribution in [0.25, 0.3) is 0 Å². The smallest absolute Gasteiger partial charge is 0.255 e. The van der Waals surface area contributed by atoms with Gasteiger partial charge in [-0.2, -0.15) is 0 Å². The summed E-state index contributed by atoms with van der Waals surface area (Å²) in [7, 11) is 0. The van der Waals surface area contributed by atoms with E-state index in [4.69, 9.17) is 34.7 Å². The highest BCUT2D eigenvalue weighted by Crippen LogP contribution is 2.36. The molecule has 2 rings (SSSR count). The van der Waals surface area contributed by atoms with Gasteiger partial charge in [0.25, 0.3) is 5.91 Å². The zero-order valence-electron chi connectivity index (χ0n) is 10.1. The van der Waals surface area contributed by atoms with E-state index in [1.54, 1.807) is 18.2 Å². The highest BCUT2D eigenvalue weighted by atomic mass is 79.9. The Balaban J connectivity index is 2.30. The summed E-state index contributed by atoms with van der Waals surface area (Å²) in [5.74, 6) is -0.371. The van der Waals surface area contributed by atoms with E-state index >= 15 is 0 Å². The van der Waals surface area contributed by atoms with Crippen LogP contribution < -0.4 is 16.8 Å². The van der Waals surface area contributed by atoms with Gasteiger partial charge in [-0.15, -0.1) is 0 Å². The van der Waals surface area contributed by atoms with E-state index < -0.39 is 0 Å². The minimum atomic E-state index is -0.371. The average Bonchev–Trinajstić information content (AvgIpc) is 2.38. The fourth-order valence-electron chi connectivity index (χ4n) is 1.62. The normalized spacial score (nSPS) is 10.3. The van der Waals surface area contributed by atoms with Crippen molar-refractivity contribution >= 4 is 62.1 Å². The molecule has 2 aromatic carbocycles. The van der Waals surface area contributed by atoms with Crippen molar-refractivity contribution in [3.8, 4) is 0 Å². The van der Waals surface area contributed by atoms with Gasteiger partial charge in [0.2, 0.25) is 0 Å². The summed E-state index contributed by atoms with van der Waals surface area (Å²) in [6.45, 7) is 0. The summed E-state index contributed by atoms with van der Waals surface area (Å²) in [6, 6.07) is 7.96. The van der Waals surface area contributed by atoms with Gasteiger partial charge in [-0.3, -0.25) is 4.79 Å². The van der Waals surface area contributed by atoms with Crippen LogP contribution >= 0.6 is 39.1 Å². The molecule has 5 N–H and O–H groups in total. The molecule has 0 aliphatic rings. The van der Waals surface area contributed by atoms with E-state index in [2.05, 4.69) is 21.2 Å². The fraction of sp³-hybridized carbons (Fsp3) is 0. The lowest BCUT2D eigenvalue weighted by Gasteiger charge is -2.10. The molecule has 0 aromatic heterocycles. The number of nitrogen functional groups attached to an aromatic ring is 2. The van der Waals surface area contributed by atoms with Crippen LogP contribution in [0.15, 0.2) is 34.8 Å². The molecule has 0 spiro atoms. The summed E-state index contributed by atoms with van der Waals surface area (Å²) in [5.41, 5.74) is 12.9.